The lowest BCUT2D eigenvalue weighted by Crippen LogP contribution is -2.58. The molecule has 2 aliphatic heterocycles. The summed E-state index contributed by atoms with van der Waals surface area (Å²) in [6.45, 7) is 12.3. The van der Waals surface area contributed by atoms with Gasteiger partial charge in [-0.1, -0.05) is 6.92 Å². The van der Waals surface area contributed by atoms with Crippen molar-refractivity contribution < 1.29 is 14.3 Å². The van der Waals surface area contributed by atoms with E-state index in [2.05, 4.69) is 44.0 Å². The van der Waals surface area contributed by atoms with Gasteiger partial charge in [0.1, 0.15) is 5.82 Å². The van der Waals surface area contributed by atoms with E-state index in [1.807, 2.05) is 48.2 Å². The number of nitrogens with one attached hydrogen (secondary N) is 1. The van der Waals surface area contributed by atoms with Crippen molar-refractivity contribution in [1.29, 1.82) is 0 Å². The summed E-state index contributed by atoms with van der Waals surface area (Å²) in [5.74, 6) is 1.53. The molecule has 2 atom stereocenters. The zero-order chi connectivity index (χ0) is 29.8. The summed E-state index contributed by atoms with van der Waals surface area (Å²) in [4.78, 5) is 41.3. The van der Waals surface area contributed by atoms with Crippen molar-refractivity contribution in [2.24, 2.45) is 0 Å². The Morgan fingerprint density at radius 1 is 1.00 bits per heavy atom. The molecular formula is C29H40N10O3. The molecule has 2 fully saturated rings. The fraction of sp³-hybridized carbons (Fsp3) is 0.483. The van der Waals surface area contributed by atoms with E-state index in [1.165, 1.54) is 0 Å². The zero-order valence-electron chi connectivity index (χ0n) is 24.7. The molecule has 13 heteroatoms. The molecule has 5 rings (SSSR count). The normalized spacial score (nSPS) is 19.1. The van der Waals surface area contributed by atoms with E-state index in [4.69, 9.17) is 10.5 Å². The van der Waals surface area contributed by atoms with Crippen LogP contribution in [0, 0.1) is 0 Å². The highest BCUT2D eigenvalue weighted by molar-refractivity contribution is 5.74. The third-order valence-electron chi connectivity index (χ3n) is 7.67. The van der Waals surface area contributed by atoms with Gasteiger partial charge < -0.3 is 35.4 Å². The average Bonchev–Trinajstić information content (AvgIpc) is 3.35. The monoisotopic (exact) mass is 576 g/mol. The number of aromatic nitrogens is 4. The maximum absolute atomic E-state index is 12.1. The minimum absolute atomic E-state index is 0.0781. The summed E-state index contributed by atoms with van der Waals surface area (Å²) in [5, 5.41) is 7.83. The van der Waals surface area contributed by atoms with Crippen LogP contribution in [-0.4, -0.2) is 99.5 Å². The number of nitrogens with two attached hydrogens (primary N) is 1. The van der Waals surface area contributed by atoms with Crippen molar-refractivity contribution in [3.8, 4) is 5.69 Å². The molecule has 0 spiro atoms. The molecule has 42 heavy (non-hydrogen) atoms. The van der Waals surface area contributed by atoms with Crippen molar-refractivity contribution in [3.63, 3.8) is 0 Å². The second-order valence-electron chi connectivity index (χ2n) is 10.9. The highest BCUT2D eigenvalue weighted by atomic mass is 16.6. The van der Waals surface area contributed by atoms with Crippen LogP contribution in [0.4, 0.5) is 33.9 Å². The van der Waals surface area contributed by atoms with Gasteiger partial charge in [0.25, 0.3) is 0 Å². The third-order valence-corrected chi connectivity index (χ3v) is 7.67. The number of amides is 2. The second kappa shape index (κ2) is 12.5. The minimum Gasteiger partial charge on any atom is -0.449 e. The topological polar surface area (TPSA) is 138 Å². The molecule has 224 valence electrons. The van der Waals surface area contributed by atoms with Crippen LogP contribution < -0.4 is 20.9 Å². The van der Waals surface area contributed by atoms with Crippen LogP contribution in [0.5, 0.6) is 0 Å². The second-order valence-corrected chi connectivity index (χ2v) is 10.9. The number of pyridine rings is 1. The number of piperazine rings is 2. The summed E-state index contributed by atoms with van der Waals surface area (Å²) in [5.41, 5.74) is 8.92. The van der Waals surface area contributed by atoms with Crippen molar-refractivity contribution in [2.45, 2.75) is 46.2 Å². The van der Waals surface area contributed by atoms with Crippen LogP contribution >= 0.6 is 0 Å². The molecule has 0 radical (unpaired) electrons. The number of carbonyl (C=O) groups is 2. The molecule has 1 aromatic carbocycles. The van der Waals surface area contributed by atoms with Gasteiger partial charge in [-0.15, -0.1) is 5.10 Å². The summed E-state index contributed by atoms with van der Waals surface area (Å²) >= 11 is 0. The quantitative estimate of drug-likeness (QED) is 0.431. The number of ether oxygens (including phenoxy) is 1. The van der Waals surface area contributed by atoms with Gasteiger partial charge in [0.15, 0.2) is 0 Å². The Morgan fingerprint density at radius 3 is 2.33 bits per heavy atom. The Kier molecular flexibility index (Phi) is 8.64. The predicted octanol–water partition coefficient (Wildman–Crippen LogP) is 3.10. The number of nitrogen functional groups attached to an aromatic ring is 1. The molecule has 2 saturated heterocycles. The lowest BCUT2D eigenvalue weighted by molar-refractivity contribution is -0.133. The summed E-state index contributed by atoms with van der Waals surface area (Å²) < 4.78 is 6.84. The lowest BCUT2D eigenvalue weighted by Gasteiger charge is -2.44. The van der Waals surface area contributed by atoms with Crippen molar-refractivity contribution in [3.05, 3.63) is 42.6 Å². The number of benzene rings is 1. The van der Waals surface area contributed by atoms with Crippen LogP contribution in [-0.2, 0) is 9.53 Å². The minimum atomic E-state index is -0.234. The smallest absolute Gasteiger partial charge is 0.409 e. The molecule has 2 amide bonds. The van der Waals surface area contributed by atoms with E-state index in [1.54, 1.807) is 22.7 Å². The molecule has 0 unspecified atom stereocenters. The van der Waals surface area contributed by atoms with Crippen molar-refractivity contribution >= 4 is 41.1 Å². The Labute approximate surface area is 246 Å². The molecule has 0 saturated carbocycles. The van der Waals surface area contributed by atoms with Gasteiger partial charge in [0.2, 0.25) is 17.8 Å². The van der Waals surface area contributed by atoms with Crippen LogP contribution in [0.1, 0.15) is 34.1 Å². The molecule has 3 N–H and O–H groups in total. The highest BCUT2D eigenvalue weighted by Crippen LogP contribution is 2.25. The van der Waals surface area contributed by atoms with Gasteiger partial charge in [-0.25, -0.2) is 9.78 Å². The van der Waals surface area contributed by atoms with Crippen molar-refractivity contribution in [2.75, 3.05) is 66.7 Å². The number of rotatable bonds is 7. The van der Waals surface area contributed by atoms with Crippen LogP contribution in [0.3, 0.4) is 0 Å². The van der Waals surface area contributed by atoms with E-state index >= 15 is 0 Å². The number of hydrogen-bond donors (Lipinski definition) is 2. The fourth-order valence-corrected chi connectivity index (χ4v) is 5.72. The SMILES string of the molecule is CCCOC(=O)N1CCN(c2ccc(Nc3nc(N)n(-c4ccnc(N5C[C@@H](C)N(C(C)=O)[C@@H](C)C5)c4)n3)cc2)CC1. The number of nitrogens with zero attached hydrogens (tertiary/aromatic N) is 8. The third kappa shape index (κ3) is 6.34. The number of carbonyl (C=O) groups excluding carboxylic acids is 2. The van der Waals surface area contributed by atoms with E-state index < -0.39 is 0 Å². The molecule has 3 aromatic rings. The van der Waals surface area contributed by atoms with Gasteiger partial charge in [-0.3, -0.25) is 4.79 Å². The Morgan fingerprint density at radius 2 is 1.69 bits per heavy atom. The fourth-order valence-electron chi connectivity index (χ4n) is 5.72. The molecule has 0 aliphatic carbocycles. The molecule has 0 bridgehead atoms. The van der Waals surface area contributed by atoms with Gasteiger partial charge in [-0.05, 0) is 50.6 Å². The molecule has 13 nitrogen and oxygen atoms in total. The van der Waals surface area contributed by atoms with Gasteiger partial charge in [-0.2, -0.15) is 9.67 Å². The van der Waals surface area contributed by atoms with Gasteiger partial charge in [0.05, 0.1) is 12.3 Å². The molecule has 2 aliphatic rings. The van der Waals surface area contributed by atoms with E-state index in [0.717, 1.165) is 42.4 Å². The van der Waals surface area contributed by atoms with E-state index in [0.29, 0.717) is 38.7 Å². The summed E-state index contributed by atoms with van der Waals surface area (Å²) in [6, 6.07) is 12.0. The molecular weight excluding hydrogens is 536 g/mol. The van der Waals surface area contributed by atoms with E-state index in [-0.39, 0.29) is 30.0 Å². The molecule has 2 aromatic heterocycles. The Bertz CT molecular complexity index is 1370. The number of hydrogen-bond acceptors (Lipinski definition) is 10. The standard InChI is InChI=1S/C29H40N10O3/c1-5-16-42-29(41)36-14-12-35(13-15-36)24-8-6-23(7-9-24)32-28-33-27(30)39(34-28)25-10-11-31-26(17-25)37-18-20(2)38(22(4)40)21(3)19-37/h6-11,17,20-21H,5,12-16,18-19H2,1-4H3,(H3,30,32,33,34)/t20-,21+. The van der Waals surface area contributed by atoms with Crippen LogP contribution in [0.15, 0.2) is 42.6 Å². The maximum atomic E-state index is 12.1. The first-order chi connectivity index (χ1) is 20.2. The lowest BCUT2D eigenvalue weighted by atomic mass is 10.1. The Balaban J connectivity index is 1.21. The molecule has 4 heterocycles. The number of anilines is 5. The highest BCUT2D eigenvalue weighted by Gasteiger charge is 2.31. The average molecular weight is 577 g/mol. The van der Waals surface area contributed by atoms with E-state index in [9.17, 15) is 9.59 Å². The van der Waals surface area contributed by atoms with Crippen LogP contribution in [0.2, 0.25) is 0 Å². The zero-order valence-corrected chi connectivity index (χ0v) is 24.7. The van der Waals surface area contributed by atoms with Gasteiger partial charge >= 0.3 is 6.09 Å². The first-order valence-electron chi connectivity index (χ1n) is 14.5. The van der Waals surface area contributed by atoms with Gasteiger partial charge in [0, 0.05) is 81.9 Å². The largest absolute Gasteiger partial charge is 0.449 e. The first-order valence-corrected chi connectivity index (χ1v) is 14.5. The first kappa shape index (κ1) is 29.0. The van der Waals surface area contributed by atoms with Crippen LogP contribution in [0.25, 0.3) is 5.69 Å². The summed E-state index contributed by atoms with van der Waals surface area (Å²) in [7, 11) is 0. The predicted molar refractivity (Wildman–Crippen MR) is 162 cm³/mol. The van der Waals surface area contributed by atoms with Crippen molar-refractivity contribution in [1.82, 2.24) is 29.5 Å². The Hall–Kier alpha value is -4.55. The summed E-state index contributed by atoms with van der Waals surface area (Å²) in [6.07, 6.45) is 2.32. The maximum Gasteiger partial charge on any atom is 0.409 e.